The molecule has 3 aromatic rings. The van der Waals surface area contributed by atoms with Crippen LogP contribution in [0.5, 0.6) is 0 Å². The third kappa shape index (κ3) is 3.14. The second-order valence-electron chi connectivity index (χ2n) is 4.32. The number of aromatic nitrogens is 5. The van der Waals surface area contributed by atoms with E-state index in [0.717, 1.165) is 5.56 Å². The van der Waals surface area contributed by atoms with Crippen LogP contribution in [-0.4, -0.2) is 31.8 Å². The minimum absolute atomic E-state index is 0.468. The van der Waals surface area contributed by atoms with Gasteiger partial charge in [0, 0.05) is 26.0 Å². The highest BCUT2D eigenvalue weighted by molar-refractivity contribution is 5.38. The Kier molecular flexibility index (Phi) is 3.72. The van der Waals surface area contributed by atoms with Crippen molar-refractivity contribution in [3.63, 3.8) is 0 Å². The van der Waals surface area contributed by atoms with Gasteiger partial charge in [-0.3, -0.25) is 0 Å². The van der Waals surface area contributed by atoms with Crippen LogP contribution in [0.25, 0.3) is 5.95 Å². The van der Waals surface area contributed by atoms with Gasteiger partial charge in [-0.1, -0.05) is 30.3 Å². The van der Waals surface area contributed by atoms with Crippen LogP contribution in [-0.2, 0) is 6.54 Å². The molecule has 2 heterocycles. The van der Waals surface area contributed by atoms with Gasteiger partial charge in [0.15, 0.2) is 0 Å². The highest BCUT2D eigenvalue weighted by atomic mass is 15.4. The van der Waals surface area contributed by atoms with Crippen molar-refractivity contribution < 1.29 is 0 Å². The lowest BCUT2D eigenvalue weighted by molar-refractivity contribution is 0.797. The average Bonchev–Trinajstić information content (AvgIpc) is 3.08. The van der Waals surface area contributed by atoms with Gasteiger partial charge in [-0.15, -0.1) is 0 Å². The molecule has 0 aliphatic carbocycles. The van der Waals surface area contributed by atoms with Gasteiger partial charge >= 0.3 is 0 Å². The quantitative estimate of drug-likeness (QED) is 0.741. The molecule has 0 spiro atoms. The second kappa shape index (κ2) is 6.00. The minimum Gasteiger partial charge on any atom is -0.357 e. The van der Waals surface area contributed by atoms with Crippen LogP contribution in [0.15, 0.2) is 48.8 Å². The monoisotopic (exact) mass is 281 g/mol. The SMILES string of the molecule is CNc1nc(NCc2ccccc2)nc(-n2cccn2)n1. The molecule has 1 aromatic carbocycles. The van der Waals surface area contributed by atoms with Gasteiger partial charge in [-0.05, 0) is 11.6 Å². The van der Waals surface area contributed by atoms with E-state index >= 15 is 0 Å². The van der Waals surface area contributed by atoms with E-state index < -0.39 is 0 Å². The van der Waals surface area contributed by atoms with Crippen molar-refractivity contribution in [1.29, 1.82) is 0 Å². The van der Waals surface area contributed by atoms with Crippen LogP contribution >= 0.6 is 0 Å². The zero-order valence-corrected chi connectivity index (χ0v) is 11.6. The van der Waals surface area contributed by atoms with Crippen LogP contribution in [0, 0.1) is 0 Å². The normalized spacial score (nSPS) is 10.3. The third-order valence-corrected chi connectivity index (χ3v) is 2.85. The molecular formula is C14H15N7. The highest BCUT2D eigenvalue weighted by Crippen LogP contribution is 2.09. The van der Waals surface area contributed by atoms with Gasteiger partial charge in [0.1, 0.15) is 0 Å². The van der Waals surface area contributed by atoms with Crippen LogP contribution in [0.3, 0.4) is 0 Å². The molecule has 3 rings (SSSR count). The van der Waals surface area contributed by atoms with E-state index in [4.69, 9.17) is 0 Å². The van der Waals surface area contributed by atoms with Crippen molar-refractivity contribution in [3.8, 4) is 5.95 Å². The molecule has 0 aliphatic rings. The van der Waals surface area contributed by atoms with Crippen molar-refractivity contribution in [2.24, 2.45) is 0 Å². The molecule has 2 N–H and O–H groups in total. The van der Waals surface area contributed by atoms with E-state index in [1.54, 1.807) is 24.1 Å². The van der Waals surface area contributed by atoms with Gasteiger partial charge in [0.25, 0.3) is 5.95 Å². The number of anilines is 2. The maximum atomic E-state index is 4.37. The molecule has 0 amide bonds. The molecule has 0 atom stereocenters. The largest absolute Gasteiger partial charge is 0.357 e. The predicted octanol–water partition coefficient (Wildman–Crippen LogP) is 1.71. The summed E-state index contributed by atoms with van der Waals surface area (Å²) in [7, 11) is 1.77. The first kappa shape index (κ1) is 13.0. The van der Waals surface area contributed by atoms with E-state index in [1.165, 1.54) is 0 Å². The Labute approximate surface area is 122 Å². The molecule has 0 unspecified atom stereocenters. The Morgan fingerprint density at radius 1 is 1.00 bits per heavy atom. The van der Waals surface area contributed by atoms with Crippen molar-refractivity contribution in [1.82, 2.24) is 24.7 Å². The fourth-order valence-corrected chi connectivity index (χ4v) is 1.82. The Hall–Kier alpha value is -2.96. The van der Waals surface area contributed by atoms with Crippen LogP contribution in [0.2, 0.25) is 0 Å². The zero-order chi connectivity index (χ0) is 14.5. The summed E-state index contributed by atoms with van der Waals surface area (Å²) in [6, 6.07) is 11.9. The summed E-state index contributed by atoms with van der Waals surface area (Å²) < 4.78 is 1.59. The van der Waals surface area contributed by atoms with E-state index in [0.29, 0.717) is 24.4 Å². The number of hydrogen-bond donors (Lipinski definition) is 2. The summed E-state index contributed by atoms with van der Waals surface area (Å²) in [5.41, 5.74) is 1.16. The molecule has 0 saturated carbocycles. The molecule has 106 valence electrons. The van der Waals surface area contributed by atoms with Crippen molar-refractivity contribution >= 4 is 11.9 Å². The lowest BCUT2D eigenvalue weighted by Gasteiger charge is -2.08. The van der Waals surface area contributed by atoms with Gasteiger partial charge in [0.05, 0.1) is 0 Å². The van der Waals surface area contributed by atoms with E-state index in [9.17, 15) is 0 Å². The number of benzene rings is 1. The lowest BCUT2D eigenvalue weighted by atomic mass is 10.2. The fourth-order valence-electron chi connectivity index (χ4n) is 1.82. The Morgan fingerprint density at radius 2 is 1.81 bits per heavy atom. The van der Waals surface area contributed by atoms with Gasteiger partial charge in [-0.2, -0.15) is 20.1 Å². The van der Waals surface area contributed by atoms with Crippen LogP contribution < -0.4 is 10.6 Å². The molecule has 0 bridgehead atoms. The zero-order valence-electron chi connectivity index (χ0n) is 11.6. The standard InChI is InChI=1S/C14H15N7/c1-15-12-18-13(16-10-11-6-3-2-4-7-11)20-14(19-12)21-9-5-8-17-21/h2-9H,10H2,1H3,(H2,15,16,18,19,20). The van der Waals surface area contributed by atoms with E-state index in [1.807, 2.05) is 36.4 Å². The smallest absolute Gasteiger partial charge is 0.257 e. The number of rotatable bonds is 5. The Bertz CT molecular complexity index is 695. The maximum absolute atomic E-state index is 4.37. The summed E-state index contributed by atoms with van der Waals surface area (Å²) >= 11 is 0. The fraction of sp³-hybridized carbons (Fsp3) is 0.143. The molecular weight excluding hydrogens is 266 g/mol. The van der Waals surface area contributed by atoms with Gasteiger partial charge in [-0.25, -0.2) is 4.68 Å². The van der Waals surface area contributed by atoms with Gasteiger partial charge in [0.2, 0.25) is 11.9 Å². The summed E-state index contributed by atoms with van der Waals surface area (Å²) in [4.78, 5) is 12.9. The Balaban J connectivity index is 1.83. The predicted molar refractivity (Wildman–Crippen MR) is 80.3 cm³/mol. The summed E-state index contributed by atoms with van der Waals surface area (Å²) in [5.74, 6) is 1.46. The highest BCUT2D eigenvalue weighted by Gasteiger charge is 2.07. The maximum Gasteiger partial charge on any atom is 0.257 e. The third-order valence-electron chi connectivity index (χ3n) is 2.85. The van der Waals surface area contributed by atoms with E-state index in [2.05, 4.69) is 30.7 Å². The molecule has 2 aromatic heterocycles. The molecule has 7 nitrogen and oxygen atoms in total. The van der Waals surface area contributed by atoms with Crippen molar-refractivity contribution in [2.75, 3.05) is 17.7 Å². The molecule has 0 radical (unpaired) electrons. The topological polar surface area (TPSA) is 80.5 Å². The molecule has 21 heavy (non-hydrogen) atoms. The summed E-state index contributed by atoms with van der Waals surface area (Å²) in [6.07, 6.45) is 3.47. The minimum atomic E-state index is 0.468. The lowest BCUT2D eigenvalue weighted by Crippen LogP contribution is -2.11. The van der Waals surface area contributed by atoms with Crippen molar-refractivity contribution in [3.05, 3.63) is 54.4 Å². The number of hydrogen-bond acceptors (Lipinski definition) is 6. The first-order chi connectivity index (χ1) is 10.3. The number of nitrogens with zero attached hydrogens (tertiary/aromatic N) is 5. The van der Waals surface area contributed by atoms with Gasteiger partial charge < -0.3 is 10.6 Å². The molecule has 0 saturated heterocycles. The van der Waals surface area contributed by atoms with E-state index in [-0.39, 0.29) is 0 Å². The Morgan fingerprint density at radius 3 is 2.52 bits per heavy atom. The number of nitrogens with one attached hydrogen (secondary N) is 2. The molecule has 0 aliphatic heterocycles. The first-order valence-electron chi connectivity index (χ1n) is 6.57. The second-order valence-corrected chi connectivity index (χ2v) is 4.32. The summed E-state index contributed by atoms with van der Waals surface area (Å²) in [6.45, 7) is 0.645. The average molecular weight is 281 g/mol. The van der Waals surface area contributed by atoms with Crippen LogP contribution in [0.4, 0.5) is 11.9 Å². The van der Waals surface area contributed by atoms with Crippen LogP contribution in [0.1, 0.15) is 5.56 Å². The first-order valence-corrected chi connectivity index (χ1v) is 6.57. The summed E-state index contributed by atoms with van der Waals surface area (Å²) in [5, 5.41) is 10.2. The van der Waals surface area contributed by atoms with Crippen molar-refractivity contribution in [2.45, 2.75) is 6.54 Å². The molecule has 0 fully saturated rings. The molecule has 7 heteroatoms.